The van der Waals surface area contributed by atoms with E-state index in [9.17, 15) is 4.79 Å². The summed E-state index contributed by atoms with van der Waals surface area (Å²) in [4.78, 5) is 31.8. The number of imidazole rings is 1. The first-order chi connectivity index (χ1) is 19.2. The van der Waals surface area contributed by atoms with Crippen LogP contribution in [0.25, 0.3) is 44.7 Å². The van der Waals surface area contributed by atoms with Crippen LogP contribution >= 0.6 is 0 Å². The zero-order valence-electron chi connectivity index (χ0n) is 21.5. The number of carbonyl (C=O) groups is 1. The number of nitrogens with one attached hydrogen (secondary N) is 3. The first-order valence-corrected chi connectivity index (χ1v) is 13.7. The fourth-order valence-electron chi connectivity index (χ4n) is 5.96. The Balaban J connectivity index is 1.25. The van der Waals surface area contributed by atoms with Gasteiger partial charge in [-0.25, -0.2) is 14.4 Å². The molecule has 0 atom stereocenters. The van der Waals surface area contributed by atoms with Gasteiger partial charge in [0.05, 0.1) is 28.5 Å². The molecule has 10 heteroatoms. The molecule has 1 aliphatic heterocycles. The summed E-state index contributed by atoms with van der Waals surface area (Å²) in [6.07, 6.45) is 12.5. The molecular formula is C29H29FN8O. The van der Waals surface area contributed by atoms with E-state index in [1.165, 1.54) is 6.42 Å². The molecule has 0 unspecified atom stereocenters. The van der Waals surface area contributed by atoms with Crippen LogP contribution in [0, 0.1) is 11.7 Å². The van der Waals surface area contributed by atoms with Crippen molar-refractivity contribution in [2.45, 2.75) is 44.9 Å². The number of benzene rings is 1. The van der Waals surface area contributed by atoms with E-state index in [1.54, 1.807) is 36.8 Å². The number of pyridine rings is 2. The Kier molecular flexibility index (Phi) is 5.94. The van der Waals surface area contributed by atoms with Gasteiger partial charge in [0, 0.05) is 42.5 Å². The van der Waals surface area contributed by atoms with E-state index in [0.717, 1.165) is 62.8 Å². The summed E-state index contributed by atoms with van der Waals surface area (Å²) in [6, 6.07) is 7.27. The molecule has 5 aromatic rings. The van der Waals surface area contributed by atoms with Gasteiger partial charge in [-0.05, 0) is 56.4 Å². The standard InChI is InChI=1S/C29H29FN8O/c30-24-20(18-14-19(16-31-15-18)33-29(39)17-6-2-3-7-17)8-9-21-23(24)26(37-36-21)28-34-25-22(10-11-32-27(25)35-28)38-12-4-1-5-13-38/h8-11,14-17H,1-7,12-13H2,(H,33,39)(H,36,37)(H,32,34,35). The van der Waals surface area contributed by atoms with Crippen LogP contribution in [0.1, 0.15) is 44.9 Å². The van der Waals surface area contributed by atoms with Gasteiger partial charge < -0.3 is 15.2 Å². The molecule has 1 amide bonds. The van der Waals surface area contributed by atoms with E-state index in [2.05, 4.69) is 40.3 Å². The molecule has 0 radical (unpaired) electrons. The Morgan fingerprint density at radius 2 is 1.90 bits per heavy atom. The molecule has 0 spiro atoms. The Labute approximate surface area is 224 Å². The van der Waals surface area contributed by atoms with Crippen molar-refractivity contribution in [2.24, 2.45) is 5.92 Å². The highest BCUT2D eigenvalue weighted by molar-refractivity contribution is 5.98. The summed E-state index contributed by atoms with van der Waals surface area (Å²) in [7, 11) is 0. The molecule has 5 heterocycles. The van der Waals surface area contributed by atoms with E-state index in [1.807, 2.05) is 6.07 Å². The van der Waals surface area contributed by atoms with Gasteiger partial charge in [0.1, 0.15) is 17.0 Å². The van der Waals surface area contributed by atoms with E-state index < -0.39 is 5.82 Å². The Hall–Kier alpha value is -4.34. The van der Waals surface area contributed by atoms with Crippen LogP contribution in [0.5, 0.6) is 0 Å². The maximum absolute atomic E-state index is 16.2. The summed E-state index contributed by atoms with van der Waals surface area (Å²) < 4.78 is 16.2. The minimum absolute atomic E-state index is 0.00177. The molecule has 1 saturated heterocycles. The summed E-state index contributed by atoms with van der Waals surface area (Å²) >= 11 is 0. The lowest BCUT2D eigenvalue weighted by atomic mass is 10.0. The molecule has 0 bridgehead atoms. The van der Waals surface area contributed by atoms with Crippen molar-refractivity contribution in [3.8, 4) is 22.6 Å². The van der Waals surface area contributed by atoms with Crippen molar-refractivity contribution >= 4 is 39.3 Å². The number of hydrogen-bond donors (Lipinski definition) is 3. The van der Waals surface area contributed by atoms with Crippen molar-refractivity contribution in [3.05, 3.63) is 48.7 Å². The number of aromatic nitrogens is 6. The predicted octanol–water partition coefficient (Wildman–Crippen LogP) is 5.82. The molecule has 2 aliphatic rings. The number of nitrogens with zero attached hydrogens (tertiary/aromatic N) is 5. The Morgan fingerprint density at radius 1 is 1.05 bits per heavy atom. The Bertz CT molecular complexity index is 1680. The van der Waals surface area contributed by atoms with Gasteiger partial charge in [-0.15, -0.1) is 0 Å². The molecule has 198 valence electrons. The summed E-state index contributed by atoms with van der Waals surface area (Å²) in [5, 5.41) is 10.7. The van der Waals surface area contributed by atoms with Gasteiger partial charge >= 0.3 is 0 Å². The maximum atomic E-state index is 16.2. The molecule has 1 aromatic carbocycles. The number of aromatic amines is 2. The number of rotatable bonds is 5. The third-order valence-corrected chi connectivity index (χ3v) is 8.00. The Morgan fingerprint density at radius 3 is 2.74 bits per heavy atom. The smallest absolute Gasteiger partial charge is 0.227 e. The van der Waals surface area contributed by atoms with E-state index >= 15 is 4.39 Å². The van der Waals surface area contributed by atoms with E-state index in [0.29, 0.717) is 44.9 Å². The molecule has 2 fully saturated rings. The average Bonchev–Trinajstić information content (AvgIpc) is 3.73. The number of amides is 1. The minimum Gasteiger partial charge on any atom is -0.370 e. The van der Waals surface area contributed by atoms with Gasteiger partial charge in [0.2, 0.25) is 5.91 Å². The van der Waals surface area contributed by atoms with Crippen molar-refractivity contribution < 1.29 is 9.18 Å². The largest absolute Gasteiger partial charge is 0.370 e. The van der Waals surface area contributed by atoms with Gasteiger partial charge in [-0.3, -0.25) is 14.9 Å². The van der Waals surface area contributed by atoms with E-state index in [4.69, 9.17) is 0 Å². The molecule has 4 aromatic heterocycles. The average molecular weight is 525 g/mol. The van der Waals surface area contributed by atoms with Crippen LogP contribution in [-0.2, 0) is 4.79 Å². The van der Waals surface area contributed by atoms with Gasteiger partial charge in [-0.2, -0.15) is 5.10 Å². The fraction of sp³-hybridized carbons (Fsp3) is 0.345. The predicted molar refractivity (Wildman–Crippen MR) is 149 cm³/mol. The third-order valence-electron chi connectivity index (χ3n) is 8.00. The number of carbonyl (C=O) groups excluding carboxylic acids is 1. The third kappa shape index (κ3) is 4.29. The van der Waals surface area contributed by atoms with E-state index in [-0.39, 0.29) is 11.8 Å². The lowest BCUT2D eigenvalue weighted by molar-refractivity contribution is -0.119. The van der Waals surface area contributed by atoms with Crippen LogP contribution in [0.3, 0.4) is 0 Å². The molecule has 1 aliphatic carbocycles. The topological polar surface area (TPSA) is 115 Å². The molecular weight excluding hydrogens is 495 g/mol. The van der Waals surface area contributed by atoms with Gasteiger partial charge in [-0.1, -0.05) is 12.8 Å². The lowest BCUT2D eigenvalue weighted by Gasteiger charge is -2.28. The zero-order chi connectivity index (χ0) is 26.3. The summed E-state index contributed by atoms with van der Waals surface area (Å²) in [5.74, 6) is 0.0628. The van der Waals surface area contributed by atoms with Crippen LogP contribution < -0.4 is 10.2 Å². The molecule has 1 saturated carbocycles. The quantitative estimate of drug-likeness (QED) is 0.267. The highest BCUT2D eigenvalue weighted by atomic mass is 19.1. The second kappa shape index (κ2) is 9.76. The van der Waals surface area contributed by atoms with Gasteiger partial charge in [0.25, 0.3) is 0 Å². The van der Waals surface area contributed by atoms with Crippen LogP contribution in [0.2, 0.25) is 0 Å². The summed E-state index contributed by atoms with van der Waals surface area (Å²) in [6.45, 7) is 1.98. The number of anilines is 2. The normalized spacial score (nSPS) is 16.4. The molecule has 39 heavy (non-hydrogen) atoms. The molecule has 3 N–H and O–H groups in total. The van der Waals surface area contributed by atoms with Crippen molar-refractivity contribution in [3.63, 3.8) is 0 Å². The second-order valence-corrected chi connectivity index (χ2v) is 10.5. The first-order valence-electron chi connectivity index (χ1n) is 13.7. The maximum Gasteiger partial charge on any atom is 0.227 e. The monoisotopic (exact) mass is 524 g/mol. The number of halogens is 1. The molecule has 7 rings (SSSR count). The number of hydrogen-bond acceptors (Lipinski definition) is 6. The zero-order valence-corrected chi connectivity index (χ0v) is 21.5. The number of fused-ring (bicyclic) bond motifs is 2. The number of piperidine rings is 1. The fourth-order valence-corrected chi connectivity index (χ4v) is 5.96. The lowest BCUT2D eigenvalue weighted by Crippen LogP contribution is -2.29. The van der Waals surface area contributed by atoms with Crippen molar-refractivity contribution in [1.29, 1.82) is 0 Å². The van der Waals surface area contributed by atoms with Gasteiger partial charge in [0.15, 0.2) is 11.5 Å². The van der Waals surface area contributed by atoms with Crippen molar-refractivity contribution in [1.82, 2.24) is 30.1 Å². The minimum atomic E-state index is -0.429. The van der Waals surface area contributed by atoms with Crippen molar-refractivity contribution in [2.75, 3.05) is 23.3 Å². The summed E-state index contributed by atoms with van der Waals surface area (Å²) in [5.41, 5.74) is 4.93. The van der Waals surface area contributed by atoms with Crippen LogP contribution in [-0.4, -0.2) is 49.1 Å². The van der Waals surface area contributed by atoms with Crippen LogP contribution in [0.15, 0.2) is 42.9 Å². The molecule has 9 nitrogen and oxygen atoms in total. The first kappa shape index (κ1) is 23.8. The SMILES string of the molecule is O=C(Nc1cncc(-c2ccc3[nH]nc(-c4nc5nccc(N6CCCCC6)c5[nH]4)c3c2F)c1)C1CCCC1. The highest BCUT2D eigenvalue weighted by Gasteiger charge is 2.24. The number of H-pyrrole nitrogens is 2. The second-order valence-electron chi connectivity index (χ2n) is 10.5. The van der Waals surface area contributed by atoms with Crippen LogP contribution in [0.4, 0.5) is 15.8 Å². The highest BCUT2D eigenvalue weighted by Crippen LogP contribution is 2.36.